The van der Waals surface area contributed by atoms with Crippen LogP contribution in [-0.2, 0) is 26.4 Å². The van der Waals surface area contributed by atoms with Crippen LogP contribution in [0.1, 0.15) is 22.8 Å². The smallest absolute Gasteiger partial charge is 0.0901 e. The van der Waals surface area contributed by atoms with Crippen molar-refractivity contribution in [3.8, 4) is 0 Å². The SMILES string of the molecule is OCc1nc(CO)c(CO)nc1CO. The summed E-state index contributed by atoms with van der Waals surface area (Å²) < 4.78 is 0. The van der Waals surface area contributed by atoms with Crippen LogP contribution in [0.25, 0.3) is 0 Å². The van der Waals surface area contributed by atoms with Gasteiger partial charge in [-0.25, -0.2) is 9.97 Å². The lowest BCUT2D eigenvalue weighted by atomic mass is 10.2. The lowest BCUT2D eigenvalue weighted by Gasteiger charge is -2.08. The van der Waals surface area contributed by atoms with Crippen molar-refractivity contribution in [1.82, 2.24) is 9.97 Å². The summed E-state index contributed by atoms with van der Waals surface area (Å²) in [5.41, 5.74) is 0.866. The van der Waals surface area contributed by atoms with Gasteiger partial charge in [0.05, 0.1) is 49.2 Å². The van der Waals surface area contributed by atoms with Crippen LogP contribution in [0.5, 0.6) is 0 Å². The molecule has 78 valence electrons. The molecule has 0 atom stereocenters. The monoisotopic (exact) mass is 200 g/mol. The quantitative estimate of drug-likeness (QED) is 0.468. The van der Waals surface area contributed by atoms with E-state index in [1.807, 2.05) is 0 Å². The van der Waals surface area contributed by atoms with Gasteiger partial charge in [-0.3, -0.25) is 0 Å². The predicted octanol–water partition coefficient (Wildman–Crippen LogP) is -1.55. The van der Waals surface area contributed by atoms with E-state index >= 15 is 0 Å². The fourth-order valence-corrected chi connectivity index (χ4v) is 1.09. The van der Waals surface area contributed by atoms with Gasteiger partial charge in [0.2, 0.25) is 0 Å². The van der Waals surface area contributed by atoms with Gasteiger partial charge < -0.3 is 20.4 Å². The van der Waals surface area contributed by atoms with E-state index in [-0.39, 0.29) is 49.2 Å². The third kappa shape index (κ3) is 2.05. The van der Waals surface area contributed by atoms with Gasteiger partial charge in [0, 0.05) is 0 Å². The van der Waals surface area contributed by atoms with Crippen LogP contribution in [0.3, 0.4) is 0 Å². The molecule has 0 aromatic carbocycles. The Kier molecular flexibility index (Phi) is 3.90. The van der Waals surface area contributed by atoms with Crippen molar-refractivity contribution in [3.05, 3.63) is 22.8 Å². The zero-order chi connectivity index (χ0) is 10.6. The van der Waals surface area contributed by atoms with E-state index in [0.29, 0.717) is 0 Å². The zero-order valence-electron chi connectivity index (χ0n) is 7.51. The maximum Gasteiger partial charge on any atom is 0.0901 e. The molecule has 6 nitrogen and oxygen atoms in total. The molecule has 0 aliphatic carbocycles. The molecular formula is C8H12N2O4. The lowest BCUT2D eigenvalue weighted by Crippen LogP contribution is -2.10. The second kappa shape index (κ2) is 4.97. The predicted molar refractivity (Wildman–Crippen MR) is 45.7 cm³/mol. The first-order valence-corrected chi connectivity index (χ1v) is 4.07. The van der Waals surface area contributed by atoms with E-state index in [1.165, 1.54) is 0 Å². The highest BCUT2D eigenvalue weighted by Gasteiger charge is 2.11. The summed E-state index contributed by atoms with van der Waals surface area (Å²) in [7, 11) is 0. The molecular weight excluding hydrogens is 188 g/mol. The molecule has 0 saturated carbocycles. The molecule has 0 aliphatic heterocycles. The van der Waals surface area contributed by atoms with Crippen LogP contribution in [-0.4, -0.2) is 30.4 Å². The average Bonchev–Trinajstić information content (AvgIpc) is 2.26. The normalized spacial score (nSPS) is 10.6. The molecule has 1 aromatic heterocycles. The molecule has 0 saturated heterocycles. The minimum atomic E-state index is -0.360. The van der Waals surface area contributed by atoms with E-state index in [0.717, 1.165) is 0 Å². The van der Waals surface area contributed by atoms with Crippen LogP contribution in [0, 0.1) is 0 Å². The first-order chi connectivity index (χ1) is 6.76. The summed E-state index contributed by atoms with van der Waals surface area (Å²) >= 11 is 0. The van der Waals surface area contributed by atoms with Crippen molar-refractivity contribution in [1.29, 1.82) is 0 Å². The third-order valence-corrected chi connectivity index (χ3v) is 1.81. The Morgan fingerprint density at radius 2 is 0.786 bits per heavy atom. The summed E-state index contributed by atoms with van der Waals surface area (Å²) in [6, 6.07) is 0. The van der Waals surface area contributed by atoms with Crippen LogP contribution < -0.4 is 0 Å². The summed E-state index contributed by atoms with van der Waals surface area (Å²) in [4.78, 5) is 7.74. The van der Waals surface area contributed by atoms with Crippen LogP contribution in [0.15, 0.2) is 0 Å². The molecule has 0 aliphatic rings. The van der Waals surface area contributed by atoms with Crippen molar-refractivity contribution in [3.63, 3.8) is 0 Å². The van der Waals surface area contributed by atoms with Crippen LogP contribution in [0.4, 0.5) is 0 Å². The Balaban J connectivity index is 3.20. The minimum absolute atomic E-state index is 0.216. The van der Waals surface area contributed by atoms with Gasteiger partial charge in [0.15, 0.2) is 0 Å². The number of aliphatic hydroxyl groups excluding tert-OH is 4. The molecule has 1 rings (SSSR count). The topological polar surface area (TPSA) is 107 Å². The number of nitrogens with zero attached hydrogens (tertiary/aromatic N) is 2. The average molecular weight is 200 g/mol. The summed E-state index contributed by atoms with van der Waals surface area (Å²) in [5.74, 6) is 0. The van der Waals surface area contributed by atoms with Gasteiger partial charge >= 0.3 is 0 Å². The van der Waals surface area contributed by atoms with Gasteiger partial charge in [-0.15, -0.1) is 0 Å². The molecule has 0 unspecified atom stereocenters. The zero-order valence-corrected chi connectivity index (χ0v) is 7.51. The standard InChI is InChI=1S/C8H12N2O4/c11-1-5-6(2-12)10-8(4-14)7(3-13)9-5/h11-14H,1-4H2. The number of hydrogen-bond acceptors (Lipinski definition) is 6. The first-order valence-electron chi connectivity index (χ1n) is 4.07. The molecule has 0 bridgehead atoms. The number of hydrogen-bond donors (Lipinski definition) is 4. The molecule has 6 heteroatoms. The first kappa shape index (κ1) is 11.0. The number of aromatic nitrogens is 2. The number of rotatable bonds is 4. The van der Waals surface area contributed by atoms with Gasteiger partial charge in [-0.2, -0.15) is 0 Å². The maximum atomic E-state index is 8.88. The van der Waals surface area contributed by atoms with Crippen molar-refractivity contribution < 1.29 is 20.4 Å². The highest BCUT2D eigenvalue weighted by atomic mass is 16.3. The molecule has 4 N–H and O–H groups in total. The van der Waals surface area contributed by atoms with Gasteiger partial charge in [0.25, 0.3) is 0 Å². The molecule has 0 radical (unpaired) electrons. The minimum Gasteiger partial charge on any atom is -0.390 e. The van der Waals surface area contributed by atoms with E-state index in [1.54, 1.807) is 0 Å². The second-order valence-corrected chi connectivity index (χ2v) is 2.64. The summed E-state index contributed by atoms with van der Waals surface area (Å²) in [6.07, 6.45) is 0. The Labute approximate surface area is 80.5 Å². The highest BCUT2D eigenvalue weighted by molar-refractivity contribution is 5.19. The summed E-state index contributed by atoms with van der Waals surface area (Å²) in [5, 5.41) is 35.5. The Morgan fingerprint density at radius 1 is 0.571 bits per heavy atom. The van der Waals surface area contributed by atoms with Crippen molar-refractivity contribution in [2.45, 2.75) is 26.4 Å². The molecule has 1 aromatic rings. The Morgan fingerprint density at radius 3 is 0.929 bits per heavy atom. The van der Waals surface area contributed by atoms with Gasteiger partial charge in [-0.1, -0.05) is 0 Å². The van der Waals surface area contributed by atoms with Gasteiger partial charge in [-0.05, 0) is 0 Å². The van der Waals surface area contributed by atoms with E-state index in [9.17, 15) is 0 Å². The van der Waals surface area contributed by atoms with E-state index in [2.05, 4.69) is 9.97 Å². The molecule has 0 fully saturated rings. The third-order valence-electron chi connectivity index (χ3n) is 1.81. The molecule has 14 heavy (non-hydrogen) atoms. The number of aliphatic hydroxyl groups is 4. The Hall–Kier alpha value is -1.08. The van der Waals surface area contributed by atoms with Crippen molar-refractivity contribution >= 4 is 0 Å². The van der Waals surface area contributed by atoms with Crippen LogP contribution in [0.2, 0.25) is 0 Å². The summed E-state index contributed by atoms with van der Waals surface area (Å²) in [6.45, 7) is -1.44. The lowest BCUT2D eigenvalue weighted by molar-refractivity contribution is 0.234. The van der Waals surface area contributed by atoms with Crippen LogP contribution >= 0.6 is 0 Å². The fourth-order valence-electron chi connectivity index (χ4n) is 1.09. The van der Waals surface area contributed by atoms with Crippen molar-refractivity contribution in [2.75, 3.05) is 0 Å². The molecule has 0 spiro atoms. The molecule has 1 heterocycles. The Bertz CT molecular complexity index is 258. The molecule has 0 amide bonds. The van der Waals surface area contributed by atoms with Crippen molar-refractivity contribution in [2.24, 2.45) is 0 Å². The second-order valence-electron chi connectivity index (χ2n) is 2.64. The van der Waals surface area contributed by atoms with E-state index in [4.69, 9.17) is 20.4 Å². The van der Waals surface area contributed by atoms with Gasteiger partial charge in [0.1, 0.15) is 0 Å². The van der Waals surface area contributed by atoms with E-state index < -0.39 is 0 Å². The largest absolute Gasteiger partial charge is 0.390 e. The fraction of sp³-hybridized carbons (Fsp3) is 0.500. The maximum absolute atomic E-state index is 8.88. The highest BCUT2D eigenvalue weighted by Crippen LogP contribution is 2.10.